The molecule has 1 aromatic carbocycles. The van der Waals surface area contributed by atoms with Crippen molar-refractivity contribution >= 4 is 5.91 Å². The largest absolute Gasteiger partial charge is 0.508 e. The molecule has 0 radical (unpaired) electrons. The van der Waals surface area contributed by atoms with Crippen LogP contribution in [0.15, 0.2) is 18.2 Å². The van der Waals surface area contributed by atoms with Gasteiger partial charge >= 0.3 is 0 Å². The quantitative estimate of drug-likeness (QED) is 0.883. The summed E-state index contributed by atoms with van der Waals surface area (Å²) in [6, 6.07) is 5.48. The van der Waals surface area contributed by atoms with E-state index < -0.39 is 0 Å². The highest BCUT2D eigenvalue weighted by molar-refractivity contribution is 5.83. The standard InChI is InChI=1S/C16H25NO2/c1-6-17(7-2)16(19)12(5)13-8-9-15(18)14(10-13)11(3)4/h8-12,18H,6-7H2,1-5H3. The molecule has 1 amide bonds. The van der Waals surface area contributed by atoms with E-state index in [9.17, 15) is 9.90 Å². The molecule has 1 aromatic rings. The number of benzene rings is 1. The Bertz CT molecular complexity index is 436. The first-order valence-corrected chi connectivity index (χ1v) is 7.03. The summed E-state index contributed by atoms with van der Waals surface area (Å²) >= 11 is 0. The second-order valence-corrected chi connectivity index (χ2v) is 5.21. The van der Waals surface area contributed by atoms with E-state index in [1.165, 1.54) is 0 Å². The maximum atomic E-state index is 12.3. The number of nitrogens with zero attached hydrogens (tertiary/aromatic N) is 1. The third kappa shape index (κ3) is 3.49. The van der Waals surface area contributed by atoms with Crippen LogP contribution in [0, 0.1) is 0 Å². The van der Waals surface area contributed by atoms with Gasteiger partial charge in [0.1, 0.15) is 5.75 Å². The lowest BCUT2D eigenvalue weighted by atomic mass is 9.93. The Balaban J connectivity index is 3.03. The van der Waals surface area contributed by atoms with Gasteiger partial charge in [-0.05, 0) is 43.9 Å². The number of likely N-dealkylation sites (N-methyl/N-ethyl adjacent to an activating group) is 1. The lowest BCUT2D eigenvalue weighted by Crippen LogP contribution is -2.33. The van der Waals surface area contributed by atoms with Crippen molar-refractivity contribution < 1.29 is 9.90 Å². The number of rotatable bonds is 5. The molecule has 0 aliphatic heterocycles. The van der Waals surface area contributed by atoms with Crippen LogP contribution in [0.3, 0.4) is 0 Å². The average Bonchev–Trinajstić information content (AvgIpc) is 2.39. The molecule has 1 N–H and O–H groups in total. The Morgan fingerprint density at radius 3 is 2.26 bits per heavy atom. The van der Waals surface area contributed by atoms with Crippen LogP contribution in [-0.2, 0) is 4.79 Å². The number of hydrogen-bond acceptors (Lipinski definition) is 2. The Labute approximate surface area is 116 Å². The number of aromatic hydroxyl groups is 1. The van der Waals surface area contributed by atoms with E-state index >= 15 is 0 Å². The number of carbonyl (C=O) groups is 1. The van der Waals surface area contributed by atoms with Gasteiger partial charge in [-0.2, -0.15) is 0 Å². The van der Waals surface area contributed by atoms with Gasteiger partial charge in [0.2, 0.25) is 5.91 Å². The first-order chi connectivity index (χ1) is 8.92. The Morgan fingerprint density at radius 2 is 1.79 bits per heavy atom. The molecule has 0 heterocycles. The van der Waals surface area contributed by atoms with E-state index in [1.54, 1.807) is 6.07 Å². The van der Waals surface area contributed by atoms with Crippen LogP contribution in [0.4, 0.5) is 0 Å². The molecule has 0 fully saturated rings. The Kier molecular flexibility index (Phi) is 5.40. The molecule has 1 rings (SSSR count). The molecule has 19 heavy (non-hydrogen) atoms. The molecule has 106 valence electrons. The summed E-state index contributed by atoms with van der Waals surface area (Å²) in [5.74, 6) is 0.528. The van der Waals surface area contributed by atoms with Crippen LogP contribution in [-0.4, -0.2) is 29.0 Å². The molecule has 1 atom stereocenters. The maximum Gasteiger partial charge on any atom is 0.229 e. The van der Waals surface area contributed by atoms with Crippen LogP contribution in [0.1, 0.15) is 57.6 Å². The van der Waals surface area contributed by atoms with Crippen molar-refractivity contribution in [2.75, 3.05) is 13.1 Å². The zero-order valence-corrected chi connectivity index (χ0v) is 12.6. The molecular weight excluding hydrogens is 238 g/mol. The summed E-state index contributed by atoms with van der Waals surface area (Å²) in [5.41, 5.74) is 1.87. The fourth-order valence-corrected chi connectivity index (χ4v) is 2.26. The summed E-state index contributed by atoms with van der Waals surface area (Å²) in [5, 5.41) is 9.83. The predicted molar refractivity (Wildman–Crippen MR) is 78.5 cm³/mol. The molecule has 0 aromatic heterocycles. The second kappa shape index (κ2) is 6.60. The van der Waals surface area contributed by atoms with E-state index in [0.29, 0.717) is 5.75 Å². The zero-order chi connectivity index (χ0) is 14.6. The smallest absolute Gasteiger partial charge is 0.229 e. The minimum absolute atomic E-state index is 0.144. The van der Waals surface area contributed by atoms with Gasteiger partial charge in [-0.1, -0.05) is 26.0 Å². The van der Waals surface area contributed by atoms with Gasteiger partial charge in [-0.15, -0.1) is 0 Å². The van der Waals surface area contributed by atoms with Gasteiger partial charge in [0, 0.05) is 13.1 Å². The lowest BCUT2D eigenvalue weighted by Gasteiger charge is -2.23. The normalized spacial score (nSPS) is 12.5. The van der Waals surface area contributed by atoms with Gasteiger partial charge in [0.05, 0.1) is 5.92 Å². The molecule has 3 heteroatoms. The van der Waals surface area contributed by atoms with Gasteiger partial charge < -0.3 is 10.0 Å². The fraction of sp³-hybridized carbons (Fsp3) is 0.562. The van der Waals surface area contributed by atoms with Crippen molar-refractivity contribution in [2.45, 2.75) is 46.5 Å². The minimum atomic E-state index is -0.169. The predicted octanol–water partition coefficient (Wildman–Crippen LogP) is 3.49. The molecule has 3 nitrogen and oxygen atoms in total. The topological polar surface area (TPSA) is 40.5 Å². The highest BCUT2D eigenvalue weighted by Gasteiger charge is 2.21. The van der Waals surface area contributed by atoms with Gasteiger partial charge in [0.25, 0.3) is 0 Å². The van der Waals surface area contributed by atoms with Crippen LogP contribution < -0.4 is 0 Å². The van der Waals surface area contributed by atoms with E-state index in [0.717, 1.165) is 24.2 Å². The summed E-state index contributed by atoms with van der Waals surface area (Å²) in [7, 11) is 0. The molecule has 0 spiro atoms. The fourth-order valence-electron chi connectivity index (χ4n) is 2.26. The lowest BCUT2D eigenvalue weighted by molar-refractivity contribution is -0.132. The number of hydrogen-bond donors (Lipinski definition) is 1. The monoisotopic (exact) mass is 263 g/mol. The third-order valence-corrected chi connectivity index (χ3v) is 3.62. The summed E-state index contributed by atoms with van der Waals surface area (Å²) < 4.78 is 0. The van der Waals surface area contributed by atoms with Crippen LogP contribution in [0.25, 0.3) is 0 Å². The van der Waals surface area contributed by atoms with Crippen molar-refractivity contribution in [3.63, 3.8) is 0 Å². The third-order valence-electron chi connectivity index (χ3n) is 3.62. The molecule has 1 unspecified atom stereocenters. The molecule has 0 aliphatic carbocycles. The van der Waals surface area contributed by atoms with E-state index in [1.807, 2.05) is 51.7 Å². The highest BCUT2D eigenvalue weighted by atomic mass is 16.3. The van der Waals surface area contributed by atoms with Crippen LogP contribution in [0.5, 0.6) is 5.75 Å². The molecule has 0 bridgehead atoms. The van der Waals surface area contributed by atoms with Gasteiger partial charge in [-0.25, -0.2) is 0 Å². The molecular formula is C16H25NO2. The average molecular weight is 263 g/mol. The molecule has 0 aliphatic rings. The van der Waals surface area contributed by atoms with Crippen LogP contribution in [0.2, 0.25) is 0 Å². The number of amides is 1. The zero-order valence-electron chi connectivity index (χ0n) is 12.6. The second-order valence-electron chi connectivity index (χ2n) is 5.21. The summed E-state index contributed by atoms with van der Waals surface area (Å²) in [4.78, 5) is 14.2. The van der Waals surface area contributed by atoms with Gasteiger partial charge in [-0.3, -0.25) is 4.79 Å². The highest BCUT2D eigenvalue weighted by Crippen LogP contribution is 2.29. The molecule has 0 saturated carbocycles. The number of phenolic OH excluding ortho intramolecular Hbond substituents is 1. The number of phenols is 1. The van der Waals surface area contributed by atoms with E-state index in [2.05, 4.69) is 0 Å². The van der Waals surface area contributed by atoms with E-state index in [-0.39, 0.29) is 17.7 Å². The Morgan fingerprint density at radius 1 is 1.21 bits per heavy atom. The summed E-state index contributed by atoms with van der Waals surface area (Å²) in [6.07, 6.45) is 0. The molecule has 0 saturated heterocycles. The number of carbonyl (C=O) groups excluding carboxylic acids is 1. The van der Waals surface area contributed by atoms with Crippen molar-refractivity contribution in [3.05, 3.63) is 29.3 Å². The minimum Gasteiger partial charge on any atom is -0.508 e. The van der Waals surface area contributed by atoms with Crippen molar-refractivity contribution in [3.8, 4) is 5.75 Å². The first-order valence-electron chi connectivity index (χ1n) is 7.03. The maximum absolute atomic E-state index is 12.3. The van der Waals surface area contributed by atoms with Crippen LogP contribution >= 0.6 is 0 Å². The van der Waals surface area contributed by atoms with Crippen molar-refractivity contribution in [2.24, 2.45) is 0 Å². The van der Waals surface area contributed by atoms with Crippen molar-refractivity contribution in [1.82, 2.24) is 4.90 Å². The summed E-state index contributed by atoms with van der Waals surface area (Å²) in [6.45, 7) is 11.4. The van der Waals surface area contributed by atoms with Gasteiger partial charge in [0.15, 0.2) is 0 Å². The first kappa shape index (κ1) is 15.5. The van der Waals surface area contributed by atoms with E-state index in [4.69, 9.17) is 0 Å². The SMILES string of the molecule is CCN(CC)C(=O)C(C)c1ccc(O)c(C(C)C)c1. The Hall–Kier alpha value is -1.51. The van der Waals surface area contributed by atoms with Crippen molar-refractivity contribution in [1.29, 1.82) is 0 Å².